The largest absolute Gasteiger partial charge is 1.00 e. The second-order valence-corrected chi connectivity index (χ2v) is 8.60. The summed E-state index contributed by atoms with van der Waals surface area (Å²) in [6.45, 7) is 2.24. The van der Waals surface area contributed by atoms with Crippen molar-refractivity contribution in [1.29, 1.82) is 0 Å². The van der Waals surface area contributed by atoms with Gasteiger partial charge in [-0.2, -0.15) is 0 Å². The maximum Gasteiger partial charge on any atom is 1.00 e. The van der Waals surface area contributed by atoms with Crippen LogP contribution in [0.5, 0.6) is 11.5 Å². The van der Waals surface area contributed by atoms with Crippen LogP contribution < -0.4 is 34.3 Å². The zero-order valence-electron chi connectivity index (χ0n) is 17.7. The third-order valence-electron chi connectivity index (χ3n) is 4.84. The molecule has 0 atom stereocenters. The third-order valence-corrected chi connectivity index (χ3v) is 5.68. The average Bonchev–Trinajstić information content (AvgIpc) is 2.67. The van der Waals surface area contributed by atoms with Crippen LogP contribution in [0.1, 0.15) is 70.3 Å². The zero-order valence-corrected chi connectivity index (χ0v) is 20.5. The van der Waals surface area contributed by atoms with Crippen LogP contribution >= 0.6 is 0 Å². The van der Waals surface area contributed by atoms with E-state index in [4.69, 9.17) is 4.74 Å². The smallest absolute Gasteiger partial charge is 0.744 e. The van der Waals surface area contributed by atoms with Crippen molar-refractivity contribution in [2.75, 3.05) is 0 Å². The maximum atomic E-state index is 11.2. The number of para-hydroxylation sites is 1. The molecule has 2 aromatic rings. The van der Waals surface area contributed by atoms with Crippen molar-refractivity contribution in [2.24, 2.45) is 0 Å². The van der Waals surface area contributed by atoms with Crippen LogP contribution in [-0.4, -0.2) is 13.0 Å². The van der Waals surface area contributed by atoms with E-state index in [1.165, 1.54) is 69.6 Å². The molecule has 0 spiro atoms. The number of rotatable bonds is 13. The van der Waals surface area contributed by atoms with E-state index in [-0.39, 0.29) is 34.5 Å². The molecule has 0 radical (unpaired) electrons. The predicted octanol–water partition coefficient (Wildman–Crippen LogP) is 3.46. The van der Waals surface area contributed by atoms with Crippen LogP contribution in [0, 0.1) is 0 Å². The molecule has 0 N–H and O–H groups in total. The monoisotopic (exact) mass is 426 g/mol. The Labute approximate surface area is 198 Å². The van der Waals surface area contributed by atoms with Crippen molar-refractivity contribution in [1.82, 2.24) is 0 Å². The number of aryl methyl sites for hydroxylation is 1. The van der Waals surface area contributed by atoms with Gasteiger partial charge in [0, 0.05) is 0 Å². The van der Waals surface area contributed by atoms with Crippen molar-refractivity contribution >= 4 is 10.1 Å². The van der Waals surface area contributed by atoms with Crippen LogP contribution in [0.3, 0.4) is 0 Å². The summed E-state index contributed by atoms with van der Waals surface area (Å²) in [7, 11) is -4.49. The molecule has 0 aromatic heterocycles. The summed E-state index contributed by atoms with van der Waals surface area (Å²) >= 11 is 0. The summed E-state index contributed by atoms with van der Waals surface area (Å²) in [5.74, 6) is 1.07. The topological polar surface area (TPSA) is 66.4 Å². The molecule has 0 unspecified atom stereocenters. The summed E-state index contributed by atoms with van der Waals surface area (Å²) in [6.07, 6.45) is 12.5. The van der Waals surface area contributed by atoms with Gasteiger partial charge in [-0.3, -0.25) is 0 Å². The van der Waals surface area contributed by atoms with Gasteiger partial charge in [-0.15, -0.1) is 0 Å². The Hall–Kier alpha value is -0.850. The van der Waals surface area contributed by atoms with Crippen LogP contribution in [0.25, 0.3) is 0 Å². The van der Waals surface area contributed by atoms with Crippen molar-refractivity contribution in [3.05, 3.63) is 54.1 Å². The van der Waals surface area contributed by atoms with E-state index in [1.807, 2.05) is 24.3 Å². The van der Waals surface area contributed by atoms with Gasteiger partial charge in [0.1, 0.15) is 21.6 Å². The van der Waals surface area contributed by atoms with Gasteiger partial charge in [0.25, 0.3) is 0 Å². The first-order valence-corrected chi connectivity index (χ1v) is 11.7. The normalized spacial score (nSPS) is 11.1. The van der Waals surface area contributed by atoms with Crippen molar-refractivity contribution in [3.8, 4) is 11.5 Å². The van der Waals surface area contributed by atoms with E-state index in [2.05, 4.69) is 6.92 Å². The Morgan fingerprint density at radius 2 is 1.45 bits per heavy atom. The van der Waals surface area contributed by atoms with Gasteiger partial charge in [0.2, 0.25) is 0 Å². The molecule has 29 heavy (non-hydrogen) atoms. The zero-order chi connectivity index (χ0) is 20.2. The van der Waals surface area contributed by atoms with E-state index >= 15 is 0 Å². The van der Waals surface area contributed by atoms with Gasteiger partial charge in [-0.05, 0) is 42.7 Å². The quantitative estimate of drug-likeness (QED) is 0.279. The van der Waals surface area contributed by atoms with Crippen molar-refractivity contribution < 1.29 is 47.3 Å². The maximum absolute atomic E-state index is 11.2. The van der Waals surface area contributed by atoms with E-state index in [1.54, 1.807) is 6.07 Å². The molecule has 0 saturated heterocycles. The summed E-state index contributed by atoms with van der Waals surface area (Å²) < 4.78 is 39.5. The van der Waals surface area contributed by atoms with Gasteiger partial charge >= 0.3 is 29.6 Å². The standard InChI is InChI=1S/C23H32O4S.Na/c1-2-3-4-5-6-7-8-9-10-14-20-15-11-12-18-23(20)27-21-16-13-17-22(19-21)28(24,25)26;/h11-13,15-19H,2-10,14H2,1H3,(H,24,25,26);/q;+1/p-1. The summed E-state index contributed by atoms with van der Waals surface area (Å²) in [4.78, 5) is -0.276. The predicted molar refractivity (Wildman–Crippen MR) is 112 cm³/mol. The van der Waals surface area contributed by atoms with Gasteiger partial charge < -0.3 is 9.29 Å². The number of ether oxygens (including phenoxy) is 1. The molecule has 0 amide bonds. The summed E-state index contributed by atoms with van der Waals surface area (Å²) in [5, 5.41) is 0. The number of unbranched alkanes of at least 4 members (excludes halogenated alkanes) is 8. The molecule has 0 saturated carbocycles. The molecule has 0 aliphatic heterocycles. The second-order valence-electron chi connectivity index (χ2n) is 7.22. The van der Waals surface area contributed by atoms with Gasteiger partial charge in [0.15, 0.2) is 0 Å². The first-order valence-electron chi connectivity index (χ1n) is 10.3. The average molecular weight is 427 g/mol. The Balaban J connectivity index is 0.00000420. The van der Waals surface area contributed by atoms with Crippen LogP contribution in [-0.2, 0) is 16.5 Å². The van der Waals surface area contributed by atoms with Crippen molar-refractivity contribution in [3.63, 3.8) is 0 Å². The van der Waals surface area contributed by atoms with Gasteiger partial charge in [-0.25, -0.2) is 8.42 Å². The van der Waals surface area contributed by atoms with E-state index < -0.39 is 10.1 Å². The molecule has 0 aliphatic rings. The number of benzene rings is 2. The minimum atomic E-state index is -4.49. The fourth-order valence-corrected chi connectivity index (χ4v) is 3.76. The second kappa shape index (κ2) is 14.2. The molecular formula is C23H31NaO4S. The Bertz CT molecular complexity index is 821. The summed E-state index contributed by atoms with van der Waals surface area (Å²) in [5.41, 5.74) is 1.10. The number of hydrogen-bond acceptors (Lipinski definition) is 4. The Kier molecular flexibility index (Phi) is 12.8. The molecule has 0 aliphatic carbocycles. The third kappa shape index (κ3) is 10.1. The SMILES string of the molecule is CCCCCCCCCCCc1ccccc1Oc1cccc(S(=O)(=O)[O-])c1.[Na+]. The van der Waals surface area contributed by atoms with Gasteiger partial charge in [0.05, 0.1) is 4.90 Å². The molecule has 0 heterocycles. The number of hydrogen-bond donors (Lipinski definition) is 0. The molecule has 4 nitrogen and oxygen atoms in total. The Morgan fingerprint density at radius 1 is 0.828 bits per heavy atom. The fraction of sp³-hybridized carbons (Fsp3) is 0.478. The molecule has 154 valence electrons. The van der Waals surface area contributed by atoms with E-state index in [9.17, 15) is 13.0 Å². The summed E-state index contributed by atoms with van der Waals surface area (Å²) in [6, 6.07) is 13.5. The first kappa shape index (κ1) is 26.2. The van der Waals surface area contributed by atoms with Crippen LogP contribution in [0.2, 0.25) is 0 Å². The molecular weight excluding hydrogens is 395 g/mol. The molecule has 0 fully saturated rings. The molecule has 2 aromatic carbocycles. The van der Waals surface area contributed by atoms with Crippen LogP contribution in [0.15, 0.2) is 53.4 Å². The van der Waals surface area contributed by atoms with Gasteiger partial charge in [-0.1, -0.05) is 82.6 Å². The molecule has 0 bridgehead atoms. The fourth-order valence-electron chi connectivity index (χ4n) is 3.26. The van der Waals surface area contributed by atoms with E-state index in [0.29, 0.717) is 11.5 Å². The van der Waals surface area contributed by atoms with Crippen molar-refractivity contribution in [2.45, 2.75) is 76.0 Å². The van der Waals surface area contributed by atoms with Crippen LogP contribution in [0.4, 0.5) is 0 Å². The van der Waals surface area contributed by atoms with E-state index in [0.717, 1.165) is 18.4 Å². The molecule has 6 heteroatoms. The Morgan fingerprint density at radius 3 is 2.10 bits per heavy atom. The molecule has 2 rings (SSSR count). The first-order chi connectivity index (χ1) is 13.5. The minimum Gasteiger partial charge on any atom is -0.744 e. The minimum absolute atomic E-state index is 0.